The number of rotatable bonds is 7. The van der Waals surface area contributed by atoms with E-state index in [1.165, 1.54) is 51.4 Å². The van der Waals surface area contributed by atoms with Gasteiger partial charge in [0.15, 0.2) is 0 Å². The highest BCUT2D eigenvalue weighted by Gasteiger charge is 2.32. The second-order valence-electron chi connectivity index (χ2n) is 8.81. The lowest BCUT2D eigenvalue weighted by molar-refractivity contribution is 0.156. The average molecular weight is 395 g/mol. The third kappa shape index (κ3) is 5.19. The maximum atomic E-state index is 14.8. The molecule has 0 aromatic heterocycles. The fourth-order valence-electron chi connectivity index (χ4n) is 5.44. The van der Waals surface area contributed by atoms with Gasteiger partial charge in [-0.3, -0.25) is 0 Å². The van der Waals surface area contributed by atoms with Gasteiger partial charge >= 0.3 is 0 Å². The van der Waals surface area contributed by atoms with Gasteiger partial charge in [-0.15, -0.1) is 0 Å². The molecule has 0 N–H and O–H groups in total. The molecule has 152 valence electrons. The molecule has 1 aromatic rings. The van der Waals surface area contributed by atoms with Gasteiger partial charge in [0.1, 0.15) is 16.6 Å². The summed E-state index contributed by atoms with van der Waals surface area (Å²) in [5.41, 5.74) is 0.800. The maximum absolute atomic E-state index is 14.8. The first kappa shape index (κ1) is 21.0. The van der Waals surface area contributed by atoms with Gasteiger partial charge in [0.25, 0.3) is 0 Å². The molecule has 0 radical (unpaired) electrons. The van der Waals surface area contributed by atoms with Crippen molar-refractivity contribution in [2.75, 3.05) is 6.61 Å². The summed E-state index contributed by atoms with van der Waals surface area (Å²) in [4.78, 5) is 0. The molecule has 2 aliphatic rings. The van der Waals surface area contributed by atoms with E-state index in [1.54, 1.807) is 0 Å². The molecule has 2 fully saturated rings. The molecule has 0 aliphatic heterocycles. The van der Waals surface area contributed by atoms with E-state index < -0.39 is 0 Å². The molecule has 0 unspecified atom stereocenters. The molecular formula is C24H36ClFO. The number of hydrogen-bond acceptors (Lipinski definition) is 1. The summed E-state index contributed by atoms with van der Waals surface area (Å²) in [5.74, 6) is 3.29. The van der Waals surface area contributed by atoms with Crippen molar-refractivity contribution >= 4 is 11.6 Å². The molecule has 0 bridgehead atoms. The highest BCUT2D eigenvalue weighted by molar-refractivity contribution is 6.32. The van der Waals surface area contributed by atoms with E-state index in [9.17, 15) is 4.39 Å². The molecule has 0 heterocycles. The van der Waals surface area contributed by atoms with E-state index in [4.69, 9.17) is 16.3 Å². The minimum atomic E-state index is -0.256. The summed E-state index contributed by atoms with van der Waals surface area (Å²) in [6, 6.07) is 3.77. The Bertz CT molecular complexity index is 586. The predicted molar refractivity (Wildman–Crippen MR) is 112 cm³/mol. The van der Waals surface area contributed by atoms with Crippen LogP contribution in [0.2, 0.25) is 5.02 Å². The van der Waals surface area contributed by atoms with Crippen LogP contribution in [-0.2, 0) is 0 Å². The van der Waals surface area contributed by atoms with E-state index in [2.05, 4.69) is 6.92 Å². The predicted octanol–water partition coefficient (Wildman–Crippen LogP) is 8.15. The van der Waals surface area contributed by atoms with Crippen LogP contribution >= 0.6 is 11.6 Å². The van der Waals surface area contributed by atoms with Crippen LogP contribution in [0.5, 0.6) is 5.75 Å². The fraction of sp³-hybridized carbons (Fsp3) is 0.750. The van der Waals surface area contributed by atoms with Gasteiger partial charge in [0.2, 0.25) is 0 Å². The van der Waals surface area contributed by atoms with Crippen LogP contribution in [-0.4, -0.2) is 6.61 Å². The zero-order chi connectivity index (χ0) is 19.2. The van der Waals surface area contributed by atoms with Crippen molar-refractivity contribution in [3.8, 4) is 5.75 Å². The lowest BCUT2D eigenvalue weighted by Gasteiger charge is -2.38. The van der Waals surface area contributed by atoms with Gasteiger partial charge in [0, 0.05) is 0 Å². The minimum Gasteiger partial charge on any atom is -0.492 e. The highest BCUT2D eigenvalue weighted by Crippen LogP contribution is 2.45. The third-order valence-corrected chi connectivity index (χ3v) is 7.36. The van der Waals surface area contributed by atoms with Crippen molar-refractivity contribution in [3.05, 3.63) is 28.5 Å². The zero-order valence-electron chi connectivity index (χ0n) is 17.1. The Balaban J connectivity index is 1.54. The Labute approximate surface area is 170 Å². The molecule has 3 heteroatoms. The van der Waals surface area contributed by atoms with Crippen LogP contribution < -0.4 is 4.74 Å². The monoisotopic (exact) mass is 394 g/mol. The quantitative estimate of drug-likeness (QED) is 0.453. The second kappa shape index (κ2) is 10.1. The van der Waals surface area contributed by atoms with Gasteiger partial charge in [-0.25, -0.2) is 4.39 Å². The van der Waals surface area contributed by atoms with Crippen LogP contribution in [0.1, 0.15) is 96.0 Å². The summed E-state index contributed by atoms with van der Waals surface area (Å²) >= 11 is 6.24. The Morgan fingerprint density at radius 1 is 0.926 bits per heavy atom. The normalized spacial score (nSPS) is 28.9. The molecule has 27 heavy (non-hydrogen) atoms. The standard InChI is InChI=1S/C24H36ClFO/c1-3-5-17-6-8-18(9-7-17)19-10-12-20(13-11-19)21-14-15-22(27-16-4-2)23(25)24(21)26/h14-15,17-20H,3-13,16H2,1-2H3. The largest absolute Gasteiger partial charge is 0.492 e. The van der Waals surface area contributed by atoms with Crippen LogP contribution in [0, 0.1) is 23.6 Å². The number of halogens is 2. The molecule has 3 rings (SSSR count). The Hall–Kier alpha value is -0.760. The lowest BCUT2D eigenvalue weighted by Crippen LogP contribution is -2.25. The molecule has 0 saturated heterocycles. The summed E-state index contributed by atoms with van der Waals surface area (Å²) in [5, 5.41) is 0.164. The lowest BCUT2D eigenvalue weighted by atomic mass is 9.68. The van der Waals surface area contributed by atoms with Crippen LogP contribution in [0.15, 0.2) is 12.1 Å². The molecule has 2 saturated carbocycles. The third-order valence-electron chi connectivity index (χ3n) is 7.01. The molecule has 0 amide bonds. The van der Waals surface area contributed by atoms with Crippen LogP contribution in [0.25, 0.3) is 0 Å². The van der Waals surface area contributed by atoms with Crippen molar-refractivity contribution in [2.24, 2.45) is 17.8 Å². The molecule has 0 atom stereocenters. The summed E-state index contributed by atoms with van der Waals surface area (Å²) in [6.45, 7) is 4.92. The van der Waals surface area contributed by atoms with Crippen molar-refractivity contribution in [1.82, 2.24) is 0 Å². The number of hydrogen-bond donors (Lipinski definition) is 0. The molecule has 0 spiro atoms. The van der Waals surface area contributed by atoms with E-state index in [0.29, 0.717) is 18.3 Å². The van der Waals surface area contributed by atoms with Crippen molar-refractivity contribution in [1.29, 1.82) is 0 Å². The number of benzene rings is 1. The summed E-state index contributed by atoms with van der Waals surface area (Å²) < 4.78 is 20.4. The summed E-state index contributed by atoms with van der Waals surface area (Å²) in [6.07, 6.45) is 14.0. The minimum absolute atomic E-state index is 0.164. The molecule has 1 nitrogen and oxygen atoms in total. The second-order valence-corrected chi connectivity index (χ2v) is 9.19. The SMILES string of the molecule is CCCOc1ccc(C2CCC(C3CCC(CCC)CC3)CC2)c(F)c1Cl. The van der Waals surface area contributed by atoms with E-state index in [0.717, 1.165) is 42.6 Å². The first-order valence-corrected chi connectivity index (χ1v) is 11.6. The van der Waals surface area contributed by atoms with Gasteiger partial charge in [-0.1, -0.05) is 57.2 Å². The Kier molecular flexibility index (Phi) is 7.87. The van der Waals surface area contributed by atoms with E-state index >= 15 is 0 Å². The Morgan fingerprint density at radius 2 is 1.56 bits per heavy atom. The van der Waals surface area contributed by atoms with Crippen molar-refractivity contribution < 1.29 is 9.13 Å². The smallest absolute Gasteiger partial charge is 0.149 e. The Morgan fingerprint density at radius 3 is 2.15 bits per heavy atom. The zero-order valence-corrected chi connectivity index (χ0v) is 17.9. The average Bonchev–Trinajstić information content (AvgIpc) is 2.70. The van der Waals surface area contributed by atoms with Crippen LogP contribution in [0.3, 0.4) is 0 Å². The first-order chi connectivity index (χ1) is 13.1. The maximum Gasteiger partial charge on any atom is 0.149 e. The highest BCUT2D eigenvalue weighted by atomic mass is 35.5. The first-order valence-electron chi connectivity index (χ1n) is 11.2. The molecule has 1 aromatic carbocycles. The fourth-order valence-corrected chi connectivity index (χ4v) is 5.67. The van der Waals surface area contributed by atoms with Gasteiger partial charge in [0.05, 0.1) is 6.61 Å². The molecular weight excluding hydrogens is 359 g/mol. The van der Waals surface area contributed by atoms with Crippen molar-refractivity contribution in [3.63, 3.8) is 0 Å². The van der Waals surface area contributed by atoms with E-state index in [1.807, 2.05) is 19.1 Å². The summed E-state index contributed by atoms with van der Waals surface area (Å²) in [7, 11) is 0. The van der Waals surface area contributed by atoms with E-state index in [-0.39, 0.29) is 10.8 Å². The number of ether oxygens (including phenoxy) is 1. The topological polar surface area (TPSA) is 9.23 Å². The molecule has 2 aliphatic carbocycles. The van der Waals surface area contributed by atoms with Gasteiger partial charge < -0.3 is 4.74 Å². The van der Waals surface area contributed by atoms with Gasteiger partial charge in [-0.2, -0.15) is 0 Å². The van der Waals surface area contributed by atoms with Crippen molar-refractivity contribution in [2.45, 2.75) is 90.4 Å². The van der Waals surface area contributed by atoms with Crippen LogP contribution in [0.4, 0.5) is 4.39 Å². The van der Waals surface area contributed by atoms with Gasteiger partial charge in [-0.05, 0) is 80.2 Å².